The Morgan fingerprint density at radius 3 is 2.38 bits per heavy atom. The molecule has 0 aliphatic carbocycles. The number of benzene rings is 1. The number of carbonyl (C=O) groups excluding carboxylic acids is 1. The number of halogens is 3. The van der Waals surface area contributed by atoms with Gasteiger partial charge in [-0.2, -0.15) is 0 Å². The predicted octanol–water partition coefficient (Wildman–Crippen LogP) is 4.51. The van der Waals surface area contributed by atoms with Crippen molar-refractivity contribution in [3.8, 4) is 0 Å². The van der Waals surface area contributed by atoms with Crippen LogP contribution in [0.4, 0.5) is 0 Å². The molecular weight excluding hydrogens is 375 g/mol. The van der Waals surface area contributed by atoms with Gasteiger partial charge < -0.3 is 5.32 Å². The normalized spacial score (nSPS) is 12.0. The minimum Gasteiger partial charge on any atom is -0.349 e. The van der Waals surface area contributed by atoms with Crippen LogP contribution in [0.1, 0.15) is 22.8 Å². The Bertz CT molecular complexity index is 626. The standard InChI is InChI=1S/C15H13BrCl2N2O/c1-9(6-10-2-4-12(16)5-3-10)19-15(21)11-7-13(17)20-14(18)8-11/h2-5,7-9H,6H2,1H3,(H,19,21). The average molecular weight is 388 g/mol. The van der Waals surface area contributed by atoms with Gasteiger partial charge in [0.2, 0.25) is 0 Å². The van der Waals surface area contributed by atoms with Gasteiger partial charge in [-0.15, -0.1) is 0 Å². The van der Waals surface area contributed by atoms with Crippen molar-refractivity contribution in [1.82, 2.24) is 10.3 Å². The number of amides is 1. The molecule has 1 N–H and O–H groups in total. The van der Waals surface area contributed by atoms with Crippen LogP contribution in [0, 0.1) is 0 Å². The van der Waals surface area contributed by atoms with Crippen LogP contribution in [0.15, 0.2) is 40.9 Å². The Balaban J connectivity index is 2.00. The van der Waals surface area contributed by atoms with Gasteiger partial charge >= 0.3 is 0 Å². The molecule has 0 aliphatic heterocycles. The highest BCUT2D eigenvalue weighted by atomic mass is 79.9. The second kappa shape index (κ2) is 7.25. The maximum atomic E-state index is 12.1. The van der Waals surface area contributed by atoms with Gasteiger partial charge in [0.25, 0.3) is 5.91 Å². The van der Waals surface area contributed by atoms with Crippen LogP contribution in [-0.2, 0) is 6.42 Å². The minimum absolute atomic E-state index is 0.00982. The maximum absolute atomic E-state index is 12.1. The van der Waals surface area contributed by atoms with Gasteiger partial charge in [-0.3, -0.25) is 4.79 Å². The van der Waals surface area contributed by atoms with E-state index in [1.54, 1.807) is 0 Å². The van der Waals surface area contributed by atoms with E-state index in [4.69, 9.17) is 23.2 Å². The van der Waals surface area contributed by atoms with Crippen LogP contribution in [0.3, 0.4) is 0 Å². The first-order valence-corrected chi connectivity index (χ1v) is 7.87. The number of nitrogens with zero attached hydrogens (tertiary/aromatic N) is 1. The summed E-state index contributed by atoms with van der Waals surface area (Å²) in [5, 5.41) is 3.32. The number of hydrogen-bond donors (Lipinski definition) is 1. The van der Waals surface area contributed by atoms with E-state index in [-0.39, 0.29) is 22.3 Å². The third-order valence-electron chi connectivity index (χ3n) is 2.86. The zero-order valence-electron chi connectivity index (χ0n) is 11.2. The lowest BCUT2D eigenvalue weighted by atomic mass is 10.1. The minimum atomic E-state index is -0.217. The van der Waals surface area contributed by atoms with Crippen molar-refractivity contribution >= 4 is 45.0 Å². The molecule has 0 fully saturated rings. The van der Waals surface area contributed by atoms with Crippen molar-refractivity contribution in [3.05, 3.63) is 62.3 Å². The fourth-order valence-corrected chi connectivity index (χ4v) is 2.65. The fraction of sp³-hybridized carbons (Fsp3) is 0.200. The van der Waals surface area contributed by atoms with E-state index in [1.807, 2.05) is 31.2 Å². The molecule has 0 saturated heterocycles. The molecule has 0 spiro atoms. The Kier molecular flexibility index (Phi) is 5.62. The smallest absolute Gasteiger partial charge is 0.251 e. The van der Waals surface area contributed by atoms with Crippen molar-refractivity contribution in [2.24, 2.45) is 0 Å². The third-order valence-corrected chi connectivity index (χ3v) is 3.77. The SMILES string of the molecule is CC(Cc1ccc(Br)cc1)NC(=O)c1cc(Cl)nc(Cl)c1. The number of nitrogens with one attached hydrogen (secondary N) is 1. The molecule has 2 aromatic rings. The van der Waals surface area contributed by atoms with Gasteiger partial charge in [-0.05, 0) is 43.2 Å². The van der Waals surface area contributed by atoms with E-state index in [0.29, 0.717) is 5.56 Å². The molecule has 110 valence electrons. The molecule has 1 amide bonds. The van der Waals surface area contributed by atoms with Crippen molar-refractivity contribution in [1.29, 1.82) is 0 Å². The highest BCUT2D eigenvalue weighted by molar-refractivity contribution is 9.10. The van der Waals surface area contributed by atoms with Crippen LogP contribution in [0.2, 0.25) is 10.3 Å². The Morgan fingerprint density at radius 2 is 1.81 bits per heavy atom. The van der Waals surface area contributed by atoms with Gasteiger partial charge in [0.1, 0.15) is 10.3 Å². The first kappa shape index (κ1) is 16.3. The average Bonchev–Trinajstić information content (AvgIpc) is 2.40. The highest BCUT2D eigenvalue weighted by Gasteiger charge is 2.12. The molecule has 1 unspecified atom stereocenters. The Labute approximate surface area is 141 Å². The van der Waals surface area contributed by atoms with Crippen LogP contribution in [-0.4, -0.2) is 16.9 Å². The summed E-state index contributed by atoms with van der Waals surface area (Å²) < 4.78 is 1.03. The van der Waals surface area contributed by atoms with Crippen LogP contribution >= 0.6 is 39.1 Å². The quantitative estimate of drug-likeness (QED) is 0.784. The largest absolute Gasteiger partial charge is 0.349 e. The summed E-state index contributed by atoms with van der Waals surface area (Å²) >= 11 is 15.0. The summed E-state index contributed by atoms with van der Waals surface area (Å²) in [6.45, 7) is 1.95. The van der Waals surface area contributed by atoms with Crippen molar-refractivity contribution < 1.29 is 4.79 Å². The second-order valence-corrected chi connectivity index (χ2v) is 6.40. The molecule has 21 heavy (non-hydrogen) atoms. The van der Waals surface area contributed by atoms with Crippen LogP contribution < -0.4 is 5.32 Å². The molecule has 3 nitrogen and oxygen atoms in total. The summed E-state index contributed by atoms with van der Waals surface area (Å²) in [5.74, 6) is -0.217. The monoisotopic (exact) mass is 386 g/mol. The van der Waals surface area contributed by atoms with E-state index >= 15 is 0 Å². The lowest BCUT2D eigenvalue weighted by Crippen LogP contribution is -2.34. The van der Waals surface area contributed by atoms with E-state index in [2.05, 4.69) is 26.2 Å². The maximum Gasteiger partial charge on any atom is 0.251 e. The number of aromatic nitrogens is 1. The molecule has 1 aromatic heterocycles. The zero-order chi connectivity index (χ0) is 15.4. The van der Waals surface area contributed by atoms with Crippen LogP contribution in [0.25, 0.3) is 0 Å². The first-order valence-electron chi connectivity index (χ1n) is 6.32. The van der Waals surface area contributed by atoms with E-state index in [9.17, 15) is 4.79 Å². The number of hydrogen-bond acceptors (Lipinski definition) is 2. The van der Waals surface area contributed by atoms with E-state index < -0.39 is 0 Å². The van der Waals surface area contributed by atoms with Gasteiger partial charge in [0.05, 0.1) is 0 Å². The number of carbonyl (C=O) groups is 1. The van der Waals surface area contributed by atoms with Crippen molar-refractivity contribution in [2.45, 2.75) is 19.4 Å². The zero-order valence-corrected chi connectivity index (χ0v) is 14.3. The summed E-state index contributed by atoms with van der Waals surface area (Å²) in [5.41, 5.74) is 1.56. The van der Waals surface area contributed by atoms with Gasteiger partial charge in [0.15, 0.2) is 0 Å². The first-order chi connectivity index (χ1) is 9.94. The summed E-state index contributed by atoms with van der Waals surface area (Å²) in [6.07, 6.45) is 0.742. The van der Waals surface area contributed by atoms with Crippen LogP contribution in [0.5, 0.6) is 0 Å². The lowest BCUT2D eigenvalue weighted by Gasteiger charge is -2.14. The van der Waals surface area contributed by atoms with E-state index in [1.165, 1.54) is 12.1 Å². The fourth-order valence-electron chi connectivity index (χ4n) is 1.93. The third kappa shape index (κ3) is 4.99. The van der Waals surface area contributed by atoms with E-state index in [0.717, 1.165) is 16.5 Å². The van der Waals surface area contributed by atoms with Crippen molar-refractivity contribution in [3.63, 3.8) is 0 Å². The summed E-state index contributed by atoms with van der Waals surface area (Å²) in [4.78, 5) is 16.0. The molecule has 0 bridgehead atoms. The Morgan fingerprint density at radius 1 is 1.24 bits per heavy atom. The summed E-state index contributed by atoms with van der Waals surface area (Å²) in [6, 6.07) is 11.0. The molecule has 1 heterocycles. The highest BCUT2D eigenvalue weighted by Crippen LogP contribution is 2.15. The molecule has 1 atom stereocenters. The van der Waals surface area contributed by atoms with Crippen molar-refractivity contribution in [2.75, 3.05) is 0 Å². The molecule has 0 aliphatic rings. The molecule has 2 rings (SSSR count). The summed E-state index contributed by atoms with van der Waals surface area (Å²) in [7, 11) is 0. The Hall–Kier alpha value is -1.10. The van der Waals surface area contributed by atoms with Gasteiger partial charge in [-0.25, -0.2) is 4.98 Å². The molecule has 6 heteroatoms. The van der Waals surface area contributed by atoms with Gasteiger partial charge in [0, 0.05) is 16.1 Å². The molecule has 0 radical (unpaired) electrons. The molecular formula is C15H13BrCl2N2O. The number of rotatable bonds is 4. The van der Waals surface area contributed by atoms with Gasteiger partial charge in [-0.1, -0.05) is 51.3 Å². The second-order valence-electron chi connectivity index (χ2n) is 4.71. The topological polar surface area (TPSA) is 42.0 Å². The molecule has 0 saturated carbocycles. The number of pyridine rings is 1. The molecule has 1 aromatic carbocycles. The lowest BCUT2D eigenvalue weighted by molar-refractivity contribution is 0.0940. The predicted molar refractivity (Wildman–Crippen MR) is 89.0 cm³/mol.